The van der Waals surface area contributed by atoms with Gasteiger partial charge in [0.25, 0.3) is 0 Å². The highest BCUT2D eigenvalue weighted by molar-refractivity contribution is 8.00. The summed E-state index contributed by atoms with van der Waals surface area (Å²) in [5.74, 6) is 0.571. The van der Waals surface area contributed by atoms with Crippen molar-refractivity contribution in [3.05, 3.63) is 48.9 Å². The molecular formula is C18H20N4O3S. The maximum absolute atomic E-state index is 12.7. The molecule has 0 aliphatic carbocycles. The summed E-state index contributed by atoms with van der Waals surface area (Å²) in [7, 11) is 1.57. The lowest BCUT2D eigenvalue weighted by atomic mass is 10.3. The van der Waals surface area contributed by atoms with E-state index < -0.39 is 5.25 Å². The van der Waals surface area contributed by atoms with Gasteiger partial charge in [0, 0.05) is 19.3 Å². The first-order chi connectivity index (χ1) is 12.7. The summed E-state index contributed by atoms with van der Waals surface area (Å²) in [5.41, 5.74) is 1.60. The average Bonchev–Trinajstić information content (AvgIpc) is 3.31. The zero-order chi connectivity index (χ0) is 18.4. The van der Waals surface area contributed by atoms with Crippen LogP contribution in [0.2, 0.25) is 0 Å². The highest BCUT2D eigenvalue weighted by atomic mass is 32.2. The Kier molecular flexibility index (Phi) is 6.08. The van der Waals surface area contributed by atoms with Crippen molar-refractivity contribution in [2.75, 3.05) is 19.0 Å². The first kappa shape index (κ1) is 18.2. The van der Waals surface area contributed by atoms with Crippen LogP contribution >= 0.6 is 11.8 Å². The lowest BCUT2D eigenvalue weighted by molar-refractivity contribution is -0.116. The number of ether oxygens (including phenoxy) is 1. The van der Waals surface area contributed by atoms with Crippen LogP contribution in [0.3, 0.4) is 0 Å². The number of anilines is 1. The van der Waals surface area contributed by atoms with Crippen LogP contribution in [0, 0.1) is 0 Å². The number of thioether (sulfide) groups is 1. The fourth-order valence-electron chi connectivity index (χ4n) is 2.45. The molecule has 7 nitrogen and oxygen atoms in total. The van der Waals surface area contributed by atoms with E-state index in [4.69, 9.17) is 9.15 Å². The van der Waals surface area contributed by atoms with Crippen LogP contribution < -0.4 is 5.32 Å². The van der Waals surface area contributed by atoms with E-state index in [-0.39, 0.29) is 12.5 Å². The predicted molar refractivity (Wildman–Crippen MR) is 100.0 cm³/mol. The van der Waals surface area contributed by atoms with Crippen molar-refractivity contribution >= 4 is 23.4 Å². The number of carbonyl (C=O) groups is 1. The van der Waals surface area contributed by atoms with E-state index >= 15 is 0 Å². The van der Waals surface area contributed by atoms with Crippen molar-refractivity contribution in [1.82, 2.24) is 14.8 Å². The largest absolute Gasteiger partial charge is 0.472 e. The number of nitrogens with zero attached hydrogens (tertiary/aromatic N) is 3. The first-order valence-electron chi connectivity index (χ1n) is 8.20. The minimum atomic E-state index is -0.452. The van der Waals surface area contributed by atoms with Gasteiger partial charge in [0.2, 0.25) is 5.91 Å². The molecule has 0 radical (unpaired) electrons. The van der Waals surface area contributed by atoms with Gasteiger partial charge in [-0.1, -0.05) is 30.0 Å². The number of amides is 1. The molecule has 1 aromatic carbocycles. The van der Waals surface area contributed by atoms with Crippen LogP contribution in [0.5, 0.6) is 0 Å². The highest BCUT2D eigenvalue weighted by Crippen LogP contribution is 2.28. The van der Waals surface area contributed by atoms with Crippen LogP contribution in [-0.2, 0) is 16.1 Å². The summed E-state index contributed by atoms with van der Waals surface area (Å²) in [6, 6.07) is 11.2. The van der Waals surface area contributed by atoms with E-state index in [0.717, 1.165) is 11.3 Å². The number of carbonyl (C=O) groups excluding carboxylic acids is 1. The Morgan fingerprint density at radius 1 is 1.31 bits per heavy atom. The Morgan fingerprint density at radius 3 is 2.77 bits per heavy atom. The standard InChI is InChI=1S/C18H20N4O3S/c1-3-22-16(13-9-10-25-11-13)20-21-18(22)26-15(12-24-2)17(23)19-14-7-5-4-6-8-14/h4-11,15H,3,12H2,1-2H3,(H,19,23). The van der Waals surface area contributed by atoms with Gasteiger partial charge in [0.15, 0.2) is 11.0 Å². The van der Waals surface area contributed by atoms with E-state index in [9.17, 15) is 4.79 Å². The fraction of sp³-hybridized carbons (Fsp3) is 0.278. The zero-order valence-electron chi connectivity index (χ0n) is 14.6. The summed E-state index contributed by atoms with van der Waals surface area (Å²) in [6.07, 6.45) is 3.22. The van der Waals surface area contributed by atoms with Crippen LogP contribution in [0.25, 0.3) is 11.4 Å². The molecule has 0 fully saturated rings. The van der Waals surface area contributed by atoms with E-state index in [2.05, 4.69) is 15.5 Å². The summed E-state index contributed by atoms with van der Waals surface area (Å²) < 4.78 is 12.3. The monoisotopic (exact) mass is 372 g/mol. The second kappa shape index (κ2) is 8.68. The van der Waals surface area contributed by atoms with Gasteiger partial charge in [0.1, 0.15) is 11.5 Å². The van der Waals surface area contributed by atoms with Crippen molar-refractivity contribution in [1.29, 1.82) is 0 Å². The lowest BCUT2D eigenvalue weighted by Crippen LogP contribution is -2.29. The third kappa shape index (κ3) is 4.14. The molecule has 3 rings (SSSR count). The molecule has 2 heterocycles. The van der Waals surface area contributed by atoms with Gasteiger partial charge in [-0.2, -0.15) is 0 Å². The lowest BCUT2D eigenvalue weighted by Gasteiger charge is -2.16. The maximum Gasteiger partial charge on any atom is 0.240 e. The van der Waals surface area contributed by atoms with E-state index in [0.29, 0.717) is 17.5 Å². The van der Waals surface area contributed by atoms with Gasteiger partial charge < -0.3 is 19.0 Å². The van der Waals surface area contributed by atoms with E-state index in [1.54, 1.807) is 19.6 Å². The third-order valence-corrected chi connectivity index (χ3v) is 4.86. The molecule has 1 amide bonds. The molecule has 0 saturated heterocycles. The predicted octanol–water partition coefficient (Wildman–Crippen LogP) is 3.30. The summed E-state index contributed by atoms with van der Waals surface area (Å²) in [4.78, 5) is 12.7. The Labute approximate surface area is 155 Å². The van der Waals surface area contributed by atoms with Gasteiger partial charge in [0.05, 0.1) is 18.4 Å². The molecule has 0 aliphatic rings. The number of methoxy groups -OCH3 is 1. The molecule has 0 saturated carbocycles. The molecular weight excluding hydrogens is 352 g/mol. The summed E-state index contributed by atoms with van der Waals surface area (Å²) in [6.45, 7) is 2.95. The normalized spacial score (nSPS) is 12.1. The van der Waals surface area contributed by atoms with Gasteiger partial charge in [-0.05, 0) is 25.1 Å². The number of nitrogens with one attached hydrogen (secondary N) is 1. The van der Waals surface area contributed by atoms with Gasteiger partial charge in [-0.25, -0.2) is 0 Å². The smallest absolute Gasteiger partial charge is 0.240 e. The summed E-state index contributed by atoms with van der Waals surface area (Å²) in [5, 5.41) is 11.6. The van der Waals surface area contributed by atoms with E-state index in [1.165, 1.54) is 11.8 Å². The molecule has 0 bridgehead atoms. The molecule has 8 heteroatoms. The number of aromatic nitrogens is 3. The van der Waals surface area contributed by atoms with Crippen molar-refractivity contribution in [3.63, 3.8) is 0 Å². The number of para-hydroxylation sites is 1. The topological polar surface area (TPSA) is 82.2 Å². The number of furan rings is 1. The Morgan fingerprint density at radius 2 is 2.12 bits per heavy atom. The van der Waals surface area contributed by atoms with Crippen LogP contribution in [-0.4, -0.2) is 39.6 Å². The quantitative estimate of drug-likeness (QED) is 0.611. The van der Waals surface area contributed by atoms with Crippen molar-refractivity contribution < 1.29 is 13.9 Å². The first-order valence-corrected chi connectivity index (χ1v) is 9.08. The molecule has 1 atom stereocenters. The average molecular weight is 372 g/mol. The van der Waals surface area contributed by atoms with Gasteiger partial charge in [-0.3, -0.25) is 4.79 Å². The Balaban J connectivity index is 1.78. The molecule has 0 aliphatic heterocycles. The second-order valence-electron chi connectivity index (χ2n) is 5.48. The Hall–Kier alpha value is -2.58. The maximum atomic E-state index is 12.7. The SMILES string of the molecule is CCn1c(SC(COC)C(=O)Nc2ccccc2)nnc1-c1ccoc1. The van der Waals surface area contributed by atoms with Crippen molar-refractivity contribution in [3.8, 4) is 11.4 Å². The van der Waals surface area contributed by atoms with Gasteiger partial charge in [-0.15, -0.1) is 10.2 Å². The van der Waals surface area contributed by atoms with Crippen LogP contribution in [0.1, 0.15) is 6.92 Å². The van der Waals surface area contributed by atoms with Crippen molar-refractivity contribution in [2.45, 2.75) is 23.9 Å². The summed E-state index contributed by atoms with van der Waals surface area (Å²) >= 11 is 1.33. The minimum Gasteiger partial charge on any atom is -0.472 e. The second-order valence-corrected chi connectivity index (χ2v) is 6.65. The minimum absolute atomic E-state index is 0.140. The molecule has 1 N–H and O–H groups in total. The molecule has 1 unspecified atom stereocenters. The third-order valence-electron chi connectivity index (χ3n) is 3.71. The molecule has 136 valence electrons. The van der Waals surface area contributed by atoms with E-state index in [1.807, 2.05) is 47.9 Å². The number of hydrogen-bond donors (Lipinski definition) is 1. The number of rotatable bonds is 8. The number of hydrogen-bond acceptors (Lipinski definition) is 6. The Bertz CT molecular complexity index is 834. The fourth-order valence-corrected chi connectivity index (χ4v) is 3.51. The molecule has 0 spiro atoms. The highest BCUT2D eigenvalue weighted by Gasteiger charge is 2.24. The zero-order valence-corrected chi connectivity index (χ0v) is 15.4. The van der Waals surface area contributed by atoms with Crippen LogP contribution in [0.4, 0.5) is 5.69 Å². The molecule has 2 aromatic heterocycles. The van der Waals surface area contributed by atoms with Crippen molar-refractivity contribution in [2.24, 2.45) is 0 Å². The van der Waals surface area contributed by atoms with Crippen LogP contribution in [0.15, 0.2) is 58.5 Å². The van der Waals surface area contributed by atoms with Gasteiger partial charge >= 0.3 is 0 Å². The number of benzene rings is 1. The molecule has 3 aromatic rings. The molecule has 26 heavy (non-hydrogen) atoms.